The van der Waals surface area contributed by atoms with Crippen molar-refractivity contribution in [1.29, 1.82) is 0 Å². The molecule has 2 aromatic rings. The van der Waals surface area contributed by atoms with Crippen molar-refractivity contribution < 1.29 is 19.0 Å². The van der Waals surface area contributed by atoms with Crippen LogP contribution in [0.3, 0.4) is 0 Å². The lowest BCUT2D eigenvalue weighted by atomic mass is 10.1. The Hall–Kier alpha value is -2.64. The van der Waals surface area contributed by atoms with Crippen LogP contribution in [0.1, 0.15) is 12.5 Å². The van der Waals surface area contributed by atoms with E-state index in [1.54, 1.807) is 39.5 Å². The van der Waals surface area contributed by atoms with Crippen LogP contribution in [0, 0.1) is 0 Å². The van der Waals surface area contributed by atoms with Gasteiger partial charge in [0, 0.05) is 31.2 Å². The first-order valence-corrected chi connectivity index (χ1v) is 10.7. The van der Waals surface area contributed by atoms with Gasteiger partial charge in [0.05, 0.1) is 39.1 Å². The quantitative estimate of drug-likeness (QED) is 0.666. The Kier molecular flexibility index (Phi) is 7.87. The first-order valence-electron chi connectivity index (χ1n) is 10.3. The Bertz CT molecular complexity index is 889. The van der Waals surface area contributed by atoms with Crippen LogP contribution >= 0.6 is 11.6 Å². The Morgan fingerprint density at radius 3 is 2.19 bits per heavy atom. The van der Waals surface area contributed by atoms with Crippen molar-refractivity contribution in [3.8, 4) is 17.2 Å². The molecule has 2 aromatic carbocycles. The van der Waals surface area contributed by atoms with Gasteiger partial charge in [-0.05, 0) is 42.4 Å². The summed E-state index contributed by atoms with van der Waals surface area (Å²) in [4.78, 5) is 17.6. The average Bonchev–Trinajstić information content (AvgIpc) is 2.78. The minimum absolute atomic E-state index is 0.148. The largest absolute Gasteiger partial charge is 0.493 e. The molecule has 0 aromatic heterocycles. The zero-order chi connectivity index (χ0) is 22.4. The maximum Gasteiger partial charge on any atom is 0.228 e. The van der Waals surface area contributed by atoms with Gasteiger partial charge < -0.3 is 29.3 Å². The Balaban J connectivity index is 1.77. The minimum atomic E-state index is -0.148. The molecule has 0 spiro atoms. The van der Waals surface area contributed by atoms with Gasteiger partial charge >= 0.3 is 0 Å². The van der Waals surface area contributed by atoms with Crippen molar-refractivity contribution >= 4 is 28.9 Å². The van der Waals surface area contributed by atoms with Crippen LogP contribution in [-0.2, 0) is 11.2 Å². The fourth-order valence-electron chi connectivity index (χ4n) is 3.81. The van der Waals surface area contributed by atoms with E-state index in [-0.39, 0.29) is 12.3 Å². The molecule has 1 aliphatic heterocycles. The van der Waals surface area contributed by atoms with E-state index in [9.17, 15) is 4.79 Å². The number of halogens is 1. The third kappa shape index (κ3) is 5.54. The number of piperazine rings is 1. The van der Waals surface area contributed by atoms with Crippen molar-refractivity contribution in [1.82, 2.24) is 4.90 Å². The highest BCUT2D eigenvalue weighted by Crippen LogP contribution is 2.38. The number of methoxy groups -OCH3 is 3. The van der Waals surface area contributed by atoms with Crippen LogP contribution in [0.25, 0.3) is 0 Å². The maximum atomic E-state index is 12.9. The molecule has 0 unspecified atom stereocenters. The summed E-state index contributed by atoms with van der Waals surface area (Å²) in [6.45, 7) is 7.03. The second kappa shape index (κ2) is 10.6. The summed E-state index contributed by atoms with van der Waals surface area (Å²) in [5.74, 6) is 1.38. The van der Waals surface area contributed by atoms with Gasteiger partial charge in [-0.2, -0.15) is 0 Å². The summed E-state index contributed by atoms with van der Waals surface area (Å²) in [6, 6.07) is 9.20. The van der Waals surface area contributed by atoms with E-state index in [1.807, 2.05) is 12.1 Å². The van der Waals surface area contributed by atoms with E-state index in [1.165, 1.54) is 0 Å². The number of hydrogen-bond donors (Lipinski definition) is 1. The Morgan fingerprint density at radius 2 is 1.65 bits per heavy atom. The second-order valence-electron chi connectivity index (χ2n) is 7.34. The molecule has 1 N–H and O–H groups in total. The highest BCUT2D eigenvalue weighted by Gasteiger charge is 2.20. The van der Waals surface area contributed by atoms with Gasteiger partial charge in [0.2, 0.25) is 11.7 Å². The molecule has 31 heavy (non-hydrogen) atoms. The predicted octanol–water partition coefficient (Wildman–Crippen LogP) is 3.69. The zero-order valence-electron chi connectivity index (χ0n) is 18.5. The van der Waals surface area contributed by atoms with E-state index in [4.69, 9.17) is 25.8 Å². The predicted molar refractivity (Wildman–Crippen MR) is 124 cm³/mol. The van der Waals surface area contributed by atoms with E-state index < -0.39 is 0 Å². The van der Waals surface area contributed by atoms with Crippen molar-refractivity contribution in [3.63, 3.8) is 0 Å². The lowest BCUT2D eigenvalue weighted by Crippen LogP contribution is -2.46. The maximum absolute atomic E-state index is 12.9. The molecule has 3 rings (SSSR count). The summed E-state index contributed by atoms with van der Waals surface area (Å²) in [7, 11) is 4.66. The standard InChI is InChI=1S/C23H30ClN3O4/c1-5-26-8-10-27(11-9-26)19-7-6-17(24)15-18(19)25-22(28)14-16-12-20(29-2)23(31-4)21(13-16)30-3/h6-7,12-13,15H,5,8-11,14H2,1-4H3,(H,25,28). The number of amides is 1. The lowest BCUT2D eigenvalue weighted by Gasteiger charge is -2.36. The summed E-state index contributed by atoms with van der Waals surface area (Å²) >= 11 is 6.23. The average molecular weight is 448 g/mol. The molecule has 0 bridgehead atoms. The van der Waals surface area contributed by atoms with Crippen LogP contribution in [0.5, 0.6) is 17.2 Å². The van der Waals surface area contributed by atoms with E-state index >= 15 is 0 Å². The molecule has 1 fully saturated rings. The number of nitrogens with one attached hydrogen (secondary N) is 1. The van der Waals surface area contributed by atoms with Gasteiger partial charge in [0.25, 0.3) is 0 Å². The van der Waals surface area contributed by atoms with Crippen LogP contribution in [0.15, 0.2) is 30.3 Å². The third-order valence-corrected chi connectivity index (χ3v) is 5.72. The number of nitrogens with zero attached hydrogens (tertiary/aromatic N) is 2. The number of carbonyl (C=O) groups is 1. The first kappa shape index (κ1) is 23.0. The van der Waals surface area contributed by atoms with Gasteiger partial charge in [0.1, 0.15) is 0 Å². The molecule has 1 saturated heterocycles. The molecular formula is C23H30ClN3O4. The minimum Gasteiger partial charge on any atom is -0.493 e. The van der Waals surface area contributed by atoms with E-state index in [0.717, 1.165) is 49.7 Å². The molecule has 1 amide bonds. The molecule has 1 aliphatic rings. The molecular weight excluding hydrogens is 418 g/mol. The van der Waals surface area contributed by atoms with Crippen LogP contribution in [0.4, 0.5) is 11.4 Å². The monoisotopic (exact) mass is 447 g/mol. The summed E-state index contributed by atoms with van der Waals surface area (Å²) < 4.78 is 16.1. The van der Waals surface area contributed by atoms with Crippen molar-refractivity contribution in [2.75, 3.05) is 64.3 Å². The van der Waals surface area contributed by atoms with E-state index in [0.29, 0.717) is 22.3 Å². The molecule has 7 nitrogen and oxygen atoms in total. The SMILES string of the molecule is CCN1CCN(c2ccc(Cl)cc2NC(=O)Cc2cc(OC)c(OC)c(OC)c2)CC1. The molecule has 0 saturated carbocycles. The van der Waals surface area contributed by atoms with Gasteiger partial charge in [-0.3, -0.25) is 4.79 Å². The van der Waals surface area contributed by atoms with Gasteiger partial charge in [0.15, 0.2) is 11.5 Å². The van der Waals surface area contributed by atoms with Crippen molar-refractivity contribution in [2.24, 2.45) is 0 Å². The first-order chi connectivity index (χ1) is 15.0. The van der Waals surface area contributed by atoms with Gasteiger partial charge in [-0.25, -0.2) is 0 Å². The molecule has 168 valence electrons. The molecule has 1 heterocycles. The van der Waals surface area contributed by atoms with E-state index in [2.05, 4.69) is 22.0 Å². The van der Waals surface area contributed by atoms with Crippen LogP contribution in [0.2, 0.25) is 5.02 Å². The number of ether oxygens (including phenoxy) is 3. The summed E-state index contributed by atoms with van der Waals surface area (Å²) in [5.41, 5.74) is 2.46. The number of likely N-dealkylation sites (N-methyl/N-ethyl adjacent to an activating group) is 1. The van der Waals surface area contributed by atoms with Crippen molar-refractivity contribution in [2.45, 2.75) is 13.3 Å². The lowest BCUT2D eigenvalue weighted by molar-refractivity contribution is -0.115. The van der Waals surface area contributed by atoms with Crippen molar-refractivity contribution in [3.05, 3.63) is 40.9 Å². The molecule has 0 radical (unpaired) electrons. The van der Waals surface area contributed by atoms with Gasteiger partial charge in [-0.1, -0.05) is 18.5 Å². The highest BCUT2D eigenvalue weighted by molar-refractivity contribution is 6.31. The Morgan fingerprint density at radius 1 is 1.00 bits per heavy atom. The molecule has 0 atom stereocenters. The zero-order valence-corrected chi connectivity index (χ0v) is 19.3. The number of rotatable bonds is 8. The van der Waals surface area contributed by atoms with Crippen LogP contribution in [-0.4, -0.2) is 64.9 Å². The van der Waals surface area contributed by atoms with Gasteiger partial charge in [-0.15, -0.1) is 0 Å². The fourth-order valence-corrected chi connectivity index (χ4v) is 3.98. The highest BCUT2D eigenvalue weighted by atomic mass is 35.5. The smallest absolute Gasteiger partial charge is 0.228 e. The Labute approximate surface area is 188 Å². The number of carbonyl (C=O) groups excluding carboxylic acids is 1. The topological polar surface area (TPSA) is 63.3 Å². The normalized spacial score (nSPS) is 14.3. The second-order valence-corrected chi connectivity index (χ2v) is 7.78. The summed E-state index contributed by atoms with van der Waals surface area (Å²) in [6.07, 6.45) is 0.159. The third-order valence-electron chi connectivity index (χ3n) is 5.48. The number of anilines is 2. The summed E-state index contributed by atoms with van der Waals surface area (Å²) in [5, 5.41) is 3.62. The molecule has 8 heteroatoms. The fraction of sp³-hybridized carbons (Fsp3) is 0.435. The number of benzene rings is 2. The number of hydrogen-bond acceptors (Lipinski definition) is 6. The molecule has 0 aliphatic carbocycles. The van der Waals surface area contributed by atoms with Crippen LogP contribution < -0.4 is 24.4 Å².